The number of hydrogen-bond donors (Lipinski definition) is 3. The van der Waals surface area contributed by atoms with Crippen LogP contribution in [0.4, 0.5) is 10.5 Å². The fraction of sp³-hybridized carbons (Fsp3) is 0.385. The van der Waals surface area contributed by atoms with Gasteiger partial charge in [0.25, 0.3) is 0 Å². The van der Waals surface area contributed by atoms with E-state index in [1.807, 2.05) is 0 Å². The number of nitrogens with one attached hydrogen (secondary N) is 2. The van der Waals surface area contributed by atoms with E-state index in [-0.39, 0.29) is 6.03 Å². The van der Waals surface area contributed by atoms with E-state index in [9.17, 15) is 9.59 Å². The highest BCUT2D eigenvalue weighted by Gasteiger charge is 2.04. The van der Waals surface area contributed by atoms with Crippen molar-refractivity contribution in [3.8, 4) is 0 Å². The van der Waals surface area contributed by atoms with Gasteiger partial charge in [0.15, 0.2) is 0 Å². The third kappa shape index (κ3) is 4.86. The number of primary amides is 1. The fourth-order valence-electron chi connectivity index (χ4n) is 1.40. The highest BCUT2D eigenvalue weighted by atomic mass is 16.2. The highest BCUT2D eigenvalue weighted by Crippen LogP contribution is 2.09. The summed E-state index contributed by atoms with van der Waals surface area (Å²) in [5.74, 6) is 0.0300. The number of nitrogens with two attached hydrogens (primary N) is 1. The number of anilines is 1. The molecule has 0 saturated heterocycles. The topological polar surface area (TPSA) is 84.2 Å². The van der Waals surface area contributed by atoms with Gasteiger partial charge in [-0.1, -0.05) is 19.9 Å². The first-order valence-corrected chi connectivity index (χ1v) is 5.93. The summed E-state index contributed by atoms with van der Waals surface area (Å²) in [6.07, 6.45) is 0.925. The Morgan fingerprint density at radius 1 is 1.33 bits per heavy atom. The lowest BCUT2D eigenvalue weighted by atomic mass is 10.1. The molecule has 0 aliphatic rings. The Kier molecular flexibility index (Phi) is 5.17. The van der Waals surface area contributed by atoms with Crippen LogP contribution in [0.5, 0.6) is 0 Å². The summed E-state index contributed by atoms with van der Waals surface area (Å²) in [6, 6.07) is 6.24. The maximum atomic E-state index is 11.5. The minimum atomic E-state index is -0.515. The largest absolute Gasteiger partial charge is 0.366 e. The molecule has 18 heavy (non-hydrogen) atoms. The molecule has 0 aliphatic heterocycles. The molecule has 98 valence electrons. The number of rotatable bonds is 5. The second-order valence-corrected chi connectivity index (χ2v) is 4.51. The molecule has 1 rings (SSSR count). The molecule has 0 bridgehead atoms. The average Bonchev–Trinajstić information content (AvgIpc) is 2.28. The smallest absolute Gasteiger partial charge is 0.319 e. The van der Waals surface area contributed by atoms with Crippen molar-refractivity contribution < 1.29 is 9.59 Å². The van der Waals surface area contributed by atoms with Crippen molar-refractivity contribution in [2.75, 3.05) is 11.9 Å². The van der Waals surface area contributed by atoms with E-state index in [0.29, 0.717) is 23.7 Å². The van der Waals surface area contributed by atoms with Crippen LogP contribution in [0.1, 0.15) is 30.6 Å². The summed E-state index contributed by atoms with van der Waals surface area (Å²) in [6.45, 7) is 4.81. The minimum absolute atomic E-state index is 0.280. The molecule has 3 amide bonds. The Bertz CT molecular complexity index is 430. The Labute approximate surface area is 107 Å². The van der Waals surface area contributed by atoms with Crippen LogP contribution in [0.15, 0.2) is 24.3 Å². The summed E-state index contributed by atoms with van der Waals surface area (Å²) in [5, 5.41) is 5.40. The lowest BCUT2D eigenvalue weighted by molar-refractivity contribution is 0.100. The van der Waals surface area contributed by atoms with Gasteiger partial charge in [0.1, 0.15) is 0 Å². The summed E-state index contributed by atoms with van der Waals surface area (Å²) in [7, 11) is 0. The molecule has 0 aromatic heterocycles. The second kappa shape index (κ2) is 6.64. The quantitative estimate of drug-likeness (QED) is 0.745. The van der Waals surface area contributed by atoms with Crippen LogP contribution >= 0.6 is 0 Å². The van der Waals surface area contributed by atoms with E-state index in [0.717, 1.165) is 6.42 Å². The molecule has 0 heterocycles. The zero-order chi connectivity index (χ0) is 13.5. The summed E-state index contributed by atoms with van der Waals surface area (Å²) < 4.78 is 0. The Hall–Kier alpha value is -2.04. The van der Waals surface area contributed by atoms with Gasteiger partial charge in [-0.05, 0) is 30.5 Å². The van der Waals surface area contributed by atoms with Gasteiger partial charge in [-0.25, -0.2) is 4.79 Å². The number of hydrogen-bond acceptors (Lipinski definition) is 2. The van der Waals surface area contributed by atoms with E-state index < -0.39 is 5.91 Å². The minimum Gasteiger partial charge on any atom is -0.366 e. The van der Waals surface area contributed by atoms with Gasteiger partial charge >= 0.3 is 6.03 Å². The molecule has 0 atom stereocenters. The van der Waals surface area contributed by atoms with Gasteiger partial charge in [0, 0.05) is 17.8 Å². The van der Waals surface area contributed by atoms with E-state index >= 15 is 0 Å². The standard InChI is InChI=1S/C13H19N3O2/c1-9(2)6-7-15-13(18)16-11-5-3-4-10(8-11)12(14)17/h3-5,8-9H,6-7H2,1-2H3,(H2,14,17)(H2,15,16,18). The normalized spacial score (nSPS) is 10.2. The van der Waals surface area contributed by atoms with Gasteiger partial charge in [-0.3, -0.25) is 4.79 Å². The van der Waals surface area contributed by atoms with Crippen molar-refractivity contribution >= 4 is 17.6 Å². The molecule has 0 saturated carbocycles. The number of benzene rings is 1. The lowest BCUT2D eigenvalue weighted by Crippen LogP contribution is -2.30. The zero-order valence-corrected chi connectivity index (χ0v) is 10.7. The van der Waals surface area contributed by atoms with Gasteiger partial charge in [0.05, 0.1) is 0 Å². The average molecular weight is 249 g/mol. The molecule has 5 heteroatoms. The van der Waals surface area contributed by atoms with E-state index in [2.05, 4.69) is 24.5 Å². The highest BCUT2D eigenvalue weighted by molar-refractivity contribution is 5.95. The summed E-state index contributed by atoms with van der Waals surface area (Å²) >= 11 is 0. The Balaban J connectivity index is 2.49. The van der Waals surface area contributed by atoms with Crippen LogP contribution in [0.3, 0.4) is 0 Å². The van der Waals surface area contributed by atoms with Crippen LogP contribution in [-0.4, -0.2) is 18.5 Å². The molecular weight excluding hydrogens is 230 g/mol. The van der Waals surface area contributed by atoms with Crippen molar-refractivity contribution in [1.82, 2.24) is 5.32 Å². The predicted molar refractivity (Wildman–Crippen MR) is 71.4 cm³/mol. The Morgan fingerprint density at radius 2 is 2.06 bits per heavy atom. The molecule has 0 aliphatic carbocycles. The maximum absolute atomic E-state index is 11.5. The fourth-order valence-corrected chi connectivity index (χ4v) is 1.40. The third-order valence-electron chi connectivity index (χ3n) is 2.41. The van der Waals surface area contributed by atoms with Crippen molar-refractivity contribution in [3.05, 3.63) is 29.8 Å². The van der Waals surface area contributed by atoms with E-state index in [1.165, 1.54) is 0 Å². The van der Waals surface area contributed by atoms with Crippen LogP contribution in [0.2, 0.25) is 0 Å². The Morgan fingerprint density at radius 3 is 2.67 bits per heavy atom. The SMILES string of the molecule is CC(C)CCNC(=O)Nc1cccc(C(N)=O)c1. The molecule has 1 aromatic rings. The van der Waals surface area contributed by atoms with Crippen molar-refractivity contribution in [2.45, 2.75) is 20.3 Å². The summed E-state index contributed by atoms with van der Waals surface area (Å²) in [5.41, 5.74) is 6.08. The second-order valence-electron chi connectivity index (χ2n) is 4.51. The molecule has 0 fully saturated rings. The monoisotopic (exact) mass is 249 g/mol. The van der Waals surface area contributed by atoms with Gasteiger partial charge in [0.2, 0.25) is 5.91 Å². The zero-order valence-electron chi connectivity index (χ0n) is 10.7. The number of carbonyl (C=O) groups is 2. The molecule has 0 unspecified atom stereocenters. The number of urea groups is 1. The first-order valence-electron chi connectivity index (χ1n) is 5.93. The van der Waals surface area contributed by atoms with Gasteiger partial charge in [-0.15, -0.1) is 0 Å². The van der Waals surface area contributed by atoms with Crippen LogP contribution in [0, 0.1) is 5.92 Å². The maximum Gasteiger partial charge on any atom is 0.319 e. The predicted octanol–water partition coefficient (Wildman–Crippen LogP) is 1.95. The molecular formula is C13H19N3O2. The van der Waals surface area contributed by atoms with Crippen LogP contribution < -0.4 is 16.4 Å². The first kappa shape index (κ1) is 14.0. The van der Waals surface area contributed by atoms with Crippen molar-refractivity contribution in [3.63, 3.8) is 0 Å². The van der Waals surface area contributed by atoms with E-state index in [4.69, 9.17) is 5.73 Å². The molecule has 0 radical (unpaired) electrons. The van der Waals surface area contributed by atoms with Crippen LogP contribution in [-0.2, 0) is 0 Å². The molecule has 1 aromatic carbocycles. The van der Waals surface area contributed by atoms with Crippen molar-refractivity contribution in [2.24, 2.45) is 11.7 Å². The first-order chi connectivity index (χ1) is 8.49. The third-order valence-corrected chi connectivity index (χ3v) is 2.41. The molecule has 5 nitrogen and oxygen atoms in total. The molecule has 4 N–H and O–H groups in total. The number of amides is 3. The van der Waals surface area contributed by atoms with E-state index in [1.54, 1.807) is 24.3 Å². The number of carbonyl (C=O) groups excluding carboxylic acids is 2. The molecule has 0 spiro atoms. The lowest BCUT2D eigenvalue weighted by Gasteiger charge is -2.09. The van der Waals surface area contributed by atoms with Crippen molar-refractivity contribution in [1.29, 1.82) is 0 Å². The summed E-state index contributed by atoms with van der Waals surface area (Å²) in [4.78, 5) is 22.5. The van der Waals surface area contributed by atoms with Crippen LogP contribution in [0.25, 0.3) is 0 Å². The van der Waals surface area contributed by atoms with Gasteiger partial charge < -0.3 is 16.4 Å². The van der Waals surface area contributed by atoms with Gasteiger partial charge in [-0.2, -0.15) is 0 Å².